The summed E-state index contributed by atoms with van der Waals surface area (Å²) in [6, 6.07) is 0. The second-order valence-electron chi connectivity index (χ2n) is 2.63. The molecule has 1 aromatic rings. The summed E-state index contributed by atoms with van der Waals surface area (Å²) in [7, 11) is 1.89. The highest BCUT2D eigenvalue weighted by molar-refractivity contribution is 5.46. The lowest BCUT2D eigenvalue weighted by Crippen LogP contribution is -1.93. The van der Waals surface area contributed by atoms with Gasteiger partial charge in [-0.1, -0.05) is 17.7 Å². The van der Waals surface area contributed by atoms with Gasteiger partial charge in [0, 0.05) is 7.05 Å². The van der Waals surface area contributed by atoms with E-state index in [1.165, 1.54) is 5.57 Å². The van der Waals surface area contributed by atoms with E-state index in [4.69, 9.17) is 0 Å². The predicted molar refractivity (Wildman–Crippen MR) is 44.9 cm³/mol. The van der Waals surface area contributed by atoms with Gasteiger partial charge in [-0.05, 0) is 19.4 Å². The lowest BCUT2D eigenvalue weighted by Gasteiger charge is -1.95. The van der Waals surface area contributed by atoms with E-state index in [1.54, 1.807) is 10.9 Å². The molecule has 0 bridgehead atoms. The molecule has 3 nitrogen and oxygen atoms in total. The molecule has 0 aromatic carbocycles. The lowest BCUT2D eigenvalue weighted by atomic mass is 10.2. The quantitative estimate of drug-likeness (QED) is 0.643. The van der Waals surface area contributed by atoms with Gasteiger partial charge in [-0.2, -0.15) is 0 Å². The van der Waals surface area contributed by atoms with Crippen molar-refractivity contribution >= 4 is 6.08 Å². The fraction of sp³-hybridized carbons (Fsp3) is 0.500. The van der Waals surface area contributed by atoms with Crippen LogP contribution in [0.1, 0.15) is 26.0 Å². The third-order valence-electron chi connectivity index (χ3n) is 1.70. The van der Waals surface area contributed by atoms with Crippen molar-refractivity contribution in [3.05, 3.63) is 17.5 Å². The second kappa shape index (κ2) is 3.32. The van der Waals surface area contributed by atoms with E-state index in [9.17, 15) is 0 Å². The van der Waals surface area contributed by atoms with Crippen LogP contribution in [0.4, 0.5) is 0 Å². The monoisotopic (exact) mass is 151 g/mol. The van der Waals surface area contributed by atoms with Gasteiger partial charge in [0.05, 0.1) is 11.9 Å². The van der Waals surface area contributed by atoms with E-state index in [0.29, 0.717) is 0 Å². The van der Waals surface area contributed by atoms with Gasteiger partial charge in [0.2, 0.25) is 0 Å². The third-order valence-corrected chi connectivity index (χ3v) is 1.70. The zero-order chi connectivity index (χ0) is 8.27. The molecule has 1 aromatic heterocycles. The molecule has 0 unspecified atom stereocenters. The molecule has 11 heavy (non-hydrogen) atoms. The van der Waals surface area contributed by atoms with Gasteiger partial charge in [0.25, 0.3) is 0 Å². The van der Waals surface area contributed by atoms with Gasteiger partial charge < -0.3 is 0 Å². The molecule has 0 spiro atoms. The fourth-order valence-electron chi connectivity index (χ4n) is 0.783. The average Bonchev–Trinajstić information content (AvgIpc) is 2.37. The number of aromatic nitrogens is 3. The first kappa shape index (κ1) is 7.98. The molecule has 0 aliphatic heterocycles. The molecule has 0 N–H and O–H groups in total. The Balaban J connectivity index is 2.86. The largest absolute Gasteiger partial charge is 0.248 e. The maximum absolute atomic E-state index is 3.83. The minimum atomic E-state index is 1.06. The molecule has 0 radical (unpaired) electrons. The SMILES string of the molecule is CC/C(C)=C\c1cnnn1C. The van der Waals surface area contributed by atoms with Crippen LogP contribution in [0.5, 0.6) is 0 Å². The van der Waals surface area contributed by atoms with E-state index in [0.717, 1.165) is 12.1 Å². The molecule has 0 saturated carbocycles. The van der Waals surface area contributed by atoms with Gasteiger partial charge in [-0.15, -0.1) is 5.10 Å². The van der Waals surface area contributed by atoms with Gasteiger partial charge in [0.15, 0.2) is 0 Å². The first-order valence-electron chi connectivity index (χ1n) is 3.76. The van der Waals surface area contributed by atoms with Crippen molar-refractivity contribution in [1.29, 1.82) is 0 Å². The molecule has 3 heteroatoms. The molecule has 1 rings (SSSR count). The minimum Gasteiger partial charge on any atom is -0.248 e. The zero-order valence-electron chi connectivity index (χ0n) is 7.20. The highest BCUT2D eigenvalue weighted by Gasteiger charge is 1.94. The first-order valence-corrected chi connectivity index (χ1v) is 3.76. The molecule has 0 aliphatic carbocycles. The molecule has 60 valence electrons. The van der Waals surface area contributed by atoms with Crippen LogP contribution in [0.25, 0.3) is 6.08 Å². The zero-order valence-corrected chi connectivity index (χ0v) is 7.20. The molecule has 0 amide bonds. The number of hydrogen-bond donors (Lipinski definition) is 0. The fourth-order valence-corrected chi connectivity index (χ4v) is 0.783. The maximum atomic E-state index is 3.83. The van der Waals surface area contributed by atoms with Gasteiger partial charge >= 0.3 is 0 Å². The predicted octanol–water partition coefficient (Wildman–Crippen LogP) is 1.63. The summed E-state index contributed by atoms with van der Waals surface area (Å²) >= 11 is 0. The van der Waals surface area contributed by atoms with Crippen LogP contribution < -0.4 is 0 Å². The Morgan fingerprint density at radius 2 is 2.45 bits per heavy atom. The standard InChI is InChI=1S/C8H13N3/c1-4-7(2)5-8-6-9-10-11(8)3/h5-6H,4H2,1-3H3/b7-5-. The van der Waals surface area contributed by atoms with Gasteiger partial charge in [-0.25, -0.2) is 4.68 Å². The van der Waals surface area contributed by atoms with Crippen molar-refractivity contribution in [2.24, 2.45) is 7.05 Å². The molecule has 0 saturated heterocycles. The topological polar surface area (TPSA) is 30.7 Å². The average molecular weight is 151 g/mol. The van der Waals surface area contributed by atoms with Crippen molar-refractivity contribution in [3.63, 3.8) is 0 Å². The number of allylic oxidation sites excluding steroid dienone is 1. The molecular weight excluding hydrogens is 138 g/mol. The van der Waals surface area contributed by atoms with Crippen LogP contribution in [-0.4, -0.2) is 15.0 Å². The summed E-state index contributed by atoms with van der Waals surface area (Å²) < 4.78 is 1.76. The minimum absolute atomic E-state index is 1.06. The van der Waals surface area contributed by atoms with Crippen molar-refractivity contribution in [3.8, 4) is 0 Å². The smallest absolute Gasteiger partial charge is 0.0809 e. The Bertz CT molecular complexity index is 260. The number of nitrogens with zero attached hydrogens (tertiary/aromatic N) is 3. The first-order chi connectivity index (χ1) is 5.24. The second-order valence-corrected chi connectivity index (χ2v) is 2.63. The molecule has 1 heterocycles. The molecule has 0 aliphatic rings. The Morgan fingerprint density at radius 3 is 2.91 bits per heavy atom. The van der Waals surface area contributed by atoms with E-state index in [-0.39, 0.29) is 0 Å². The van der Waals surface area contributed by atoms with Gasteiger partial charge in [-0.3, -0.25) is 0 Å². The van der Waals surface area contributed by atoms with Crippen molar-refractivity contribution in [2.45, 2.75) is 20.3 Å². The van der Waals surface area contributed by atoms with Crippen LogP contribution in [0.2, 0.25) is 0 Å². The van der Waals surface area contributed by atoms with Crippen molar-refractivity contribution < 1.29 is 0 Å². The van der Waals surface area contributed by atoms with Crippen LogP contribution in [-0.2, 0) is 7.05 Å². The third kappa shape index (κ3) is 1.90. The van der Waals surface area contributed by atoms with Crippen molar-refractivity contribution in [1.82, 2.24) is 15.0 Å². The van der Waals surface area contributed by atoms with E-state index in [1.807, 2.05) is 7.05 Å². The normalized spacial score (nSPS) is 12.1. The van der Waals surface area contributed by atoms with Crippen molar-refractivity contribution in [2.75, 3.05) is 0 Å². The van der Waals surface area contributed by atoms with Crippen LogP contribution >= 0.6 is 0 Å². The van der Waals surface area contributed by atoms with Crippen LogP contribution in [0.3, 0.4) is 0 Å². The number of hydrogen-bond acceptors (Lipinski definition) is 2. The summed E-state index contributed by atoms with van der Waals surface area (Å²) in [5.74, 6) is 0. The highest BCUT2D eigenvalue weighted by Crippen LogP contribution is 2.05. The highest BCUT2D eigenvalue weighted by atomic mass is 15.4. The molecule has 0 atom stereocenters. The summed E-state index contributed by atoms with van der Waals surface area (Å²) in [6.07, 6.45) is 4.93. The molecule has 0 fully saturated rings. The van der Waals surface area contributed by atoms with E-state index in [2.05, 4.69) is 30.2 Å². The Morgan fingerprint density at radius 1 is 1.73 bits per heavy atom. The Kier molecular flexibility index (Phi) is 2.41. The summed E-state index contributed by atoms with van der Waals surface area (Å²) in [5, 5.41) is 7.60. The summed E-state index contributed by atoms with van der Waals surface area (Å²) in [4.78, 5) is 0. The maximum Gasteiger partial charge on any atom is 0.0809 e. The summed E-state index contributed by atoms with van der Waals surface area (Å²) in [5.41, 5.74) is 2.40. The number of rotatable bonds is 2. The Hall–Kier alpha value is -1.12. The van der Waals surface area contributed by atoms with Gasteiger partial charge in [0.1, 0.15) is 0 Å². The summed E-state index contributed by atoms with van der Waals surface area (Å²) in [6.45, 7) is 4.24. The van der Waals surface area contributed by atoms with Crippen LogP contribution in [0.15, 0.2) is 11.8 Å². The van der Waals surface area contributed by atoms with E-state index < -0.39 is 0 Å². The Labute approximate surface area is 66.7 Å². The molecular formula is C8H13N3. The van der Waals surface area contributed by atoms with Crippen LogP contribution in [0, 0.1) is 0 Å². The lowest BCUT2D eigenvalue weighted by molar-refractivity contribution is 0.709. The number of aryl methyl sites for hydroxylation is 1. The van der Waals surface area contributed by atoms with E-state index >= 15 is 0 Å².